The molecular weight excluding hydrogens is 445 g/mol. The zero-order valence-electron chi connectivity index (χ0n) is 19.7. The summed E-state index contributed by atoms with van der Waals surface area (Å²) in [7, 11) is 0. The van der Waals surface area contributed by atoms with Gasteiger partial charge in [0, 0.05) is 29.1 Å². The Balaban J connectivity index is 1.41. The normalized spacial score (nSPS) is 16.1. The molecule has 1 fully saturated rings. The van der Waals surface area contributed by atoms with E-state index in [9.17, 15) is 18.8 Å². The first-order chi connectivity index (χ1) is 16.9. The van der Waals surface area contributed by atoms with Crippen molar-refractivity contribution in [3.05, 3.63) is 77.6 Å². The van der Waals surface area contributed by atoms with Gasteiger partial charge in [-0.1, -0.05) is 55.3 Å². The molecule has 180 valence electrons. The molecule has 0 bridgehead atoms. The van der Waals surface area contributed by atoms with Crippen molar-refractivity contribution in [2.24, 2.45) is 0 Å². The first-order valence-corrected chi connectivity index (χ1v) is 12.1. The van der Waals surface area contributed by atoms with Crippen LogP contribution < -0.4 is 10.2 Å². The molecule has 0 spiro atoms. The molecule has 3 aromatic rings. The van der Waals surface area contributed by atoms with E-state index >= 15 is 0 Å². The summed E-state index contributed by atoms with van der Waals surface area (Å²) in [6, 6.07) is 16.6. The summed E-state index contributed by atoms with van der Waals surface area (Å²) in [5.41, 5.74) is 1.54. The molecule has 5 rings (SSSR count). The Bertz CT molecular complexity index is 1300. The van der Waals surface area contributed by atoms with Crippen LogP contribution in [0.1, 0.15) is 48.5 Å². The van der Waals surface area contributed by atoms with Crippen LogP contribution in [0.25, 0.3) is 10.8 Å². The number of hydrogen-bond donors (Lipinski definition) is 1. The minimum atomic E-state index is -0.821. The number of anilines is 1. The topological polar surface area (TPSA) is 69.7 Å². The van der Waals surface area contributed by atoms with Crippen molar-refractivity contribution in [3.8, 4) is 0 Å². The molecule has 1 unspecified atom stereocenters. The summed E-state index contributed by atoms with van der Waals surface area (Å²) in [5, 5.41) is 4.79. The van der Waals surface area contributed by atoms with Crippen molar-refractivity contribution in [1.29, 1.82) is 0 Å². The average molecular weight is 474 g/mol. The van der Waals surface area contributed by atoms with Crippen LogP contribution in [0.15, 0.2) is 60.7 Å². The van der Waals surface area contributed by atoms with Crippen molar-refractivity contribution < 1.29 is 18.8 Å². The maximum absolute atomic E-state index is 14.5. The van der Waals surface area contributed by atoms with Crippen LogP contribution in [-0.4, -0.2) is 41.2 Å². The van der Waals surface area contributed by atoms with E-state index in [1.165, 1.54) is 15.9 Å². The second-order valence-electron chi connectivity index (χ2n) is 9.35. The number of halogens is 1. The van der Waals surface area contributed by atoms with Crippen LogP contribution in [0.5, 0.6) is 0 Å². The molecule has 3 aromatic carbocycles. The van der Waals surface area contributed by atoms with E-state index in [4.69, 9.17) is 0 Å². The van der Waals surface area contributed by atoms with Gasteiger partial charge in [0.15, 0.2) is 0 Å². The first-order valence-electron chi connectivity index (χ1n) is 12.1. The number of hydrogen-bond acceptors (Lipinski definition) is 3. The molecule has 35 heavy (non-hydrogen) atoms. The number of rotatable bonds is 7. The maximum atomic E-state index is 14.5. The minimum absolute atomic E-state index is 0.0655. The van der Waals surface area contributed by atoms with Gasteiger partial charge in [-0.05, 0) is 43.4 Å². The van der Waals surface area contributed by atoms with Gasteiger partial charge in [-0.25, -0.2) is 4.39 Å². The van der Waals surface area contributed by atoms with E-state index in [0.717, 1.165) is 36.5 Å². The molecule has 0 saturated heterocycles. The highest BCUT2D eigenvalue weighted by Gasteiger charge is 2.35. The molecule has 6 nitrogen and oxygen atoms in total. The van der Waals surface area contributed by atoms with Gasteiger partial charge in [-0.2, -0.15) is 0 Å². The fourth-order valence-corrected chi connectivity index (χ4v) is 5.15. The van der Waals surface area contributed by atoms with Crippen LogP contribution in [0.4, 0.5) is 10.1 Å². The number of benzene rings is 3. The number of carbonyl (C=O) groups excluding carboxylic acids is 3. The number of carbonyl (C=O) groups is 3. The average Bonchev–Trinajstić information content (AvgIpc) is 3.47. The Hall–Kier alpha value is -3.74. The Morgan fingerprint density at radius 3 is 2.51 bits per heavy atom. The fourth-order valence-electron chi connectivity index (χ4n) is 5.15. The highest BCUT2D eigenvalue weighted by atomic mass is 19.1. The van der Waals surface area contributed by atoms with E-state index < -0.39 is 17.8 Å². The van der Waals surface area contributed by atoms with Gasteiger partial charge < -0.3 is 10.2 Å². The minimum Gasteiger partial charge on any atom is -0.352 e. The lowest BCUT2D eigenvalue weighted by molar-refractivity contribution is -0.139. The lowest BCUT2D eigenvalue weighted by Crippen LogP contribution is -2.52. The maximum Gasteiger partial charge on any atom is 0.259 e. The van der Waals surface area contributed by atoms with Crippen LogP contribution in [0.3, 0.4) is 0 Å². The molecule has 3 amide bonds. The zero-order valence-corrected chi connectivity index (χ0v) is 19.7. The highest BCUT2D eigenvalue weighted by molar-refractivity contribution is 6.26. The molecular formula is C28H28FN3O3. The summed E-state index contributed by atoms with van der Waals surface area (Å²) in [6.45, 7) is 1.36. The summed E-state index contributed by atoms with van der Waals surface area (Å²) in [5.74, 6) is -1.37. The molecule has 1 aliphatic carbocycles. The van der Waals surface area contributed by atoms with Crippen LogP contribution in [0.2, 0.25) is 0 Å². The van der Waals surface area contributed by atoms with Crippen molar-refractivity contribution in [1.82, 2.24) is 10.2 Å². The lowest BCUT2D eigenvalue weighted by atomic mass is 10.1. The third-order valence-corrected chi connectivity index (χ3v) is 7.11. The van der Waals surface area contributed by atoms with Gasteiger partial charge in [-0.3, -0.25) is 19.3 Å². The molecule has 0 radical (unpaired) electrons. The molecule has 1 N–H and O–H groups in total. The Labute approximate surface area is 203 Å². The quantitative estimate of drug-likeness (QED) is 0.553. The van der Waals surface area contributed by atoms with Gasteiger partial charge in [0.1, 0.15) is 18.4 Å². The monoisotopic (exact) mass is 473 g/mol. The number of amides is 3. The Kier molecular flexibility index (Phi) is 6.24. The number of nitrogens with zero attached hydrogens (tertiary/aromatic N) is 2. The zero-order chi connectivity index (χ0) is 24.5. The Morgan fingerprint density at radius 1 is 1.06 bits per heavy atom. The first kappa shape index (κ1) is 23.0. The predicted octanol–water partition coefficient (Wildman–Crippen LogP) is 4.42. The van der Waals surface area contributed by atoms with E-state index in [-0.39, 0.29) is 30.9 Å². The van der Waals surface area contributed by atoms with E-state index in [1.807, 2.05) is 30.3 Å². The van der Waals surface area contributed by atoms with Gasteiger partial charge in [0.05, 0.1) is 5.69 Å². The summed E-state index contributed by atoms with van der Waals surface area (Å²) in [6.07, 6.45) is 3.98. The predicted molar refractivity (Wildman–Crippen MR) is 132 cm³/mol. The number of nitrogens with one attached hydrogen (secondary N) is 1. The van der Waals surface area contributed by atoms with Crippen molar-refractivity contribution >= 4 is 34.2 Å². The van der Waals surface area contributed by atoms with Gasteiger partial charge in [0.25, 0.3) is 5.91 Å². The van der Waals surface area contributed by atoms with Gasteiger partial charge in [-0.15, -0.1) is 0 Å². The third-order valence-electron chi connectivity index (χ3n) is 7.11. The van der Waals surface area contributed by atoms with E-state index in [2.05, 4.69) is 5.32 Å². The summed E-state index contributed by atoms with van der Waals surface area (Å²) in [4.78, 5) is 42.7. The second kappa shape index (κ2) is 9.49. The molecule has 1 saturated carbocycles. The molecule has 1 heterocycles. The van der Waals surface area contributed by atoms with Crippen molar-refractivity contribution in [3.63, 3.8) is 0 Å². The van der Waals surface area contributed by atoms with E-state index in [1.54, 1.807) is 31.2 Å². The van der Waals surface area contributed by atoms with Gasteiger partial charge in [0.2, 0.25) is 11.8 Å². The second-order valence-corrected chi connectivity index (χ2v) is 9.35. The lowest BCUT2D eigenvalue weighted by Gasteiger charge is -2.31. The van der Waals surface area contributed by atoms with Crippen LogP contribution in [-0.2, 0) is 16.1 Å². The molecule has 1 atom stereocenters. The summed E-state index contributed by atoms with van der Waals surface area (Å²) >= 11 is 0. The Morgan fingerprint density at radius 2 is 1.77 bits per heavy atom. The van der Waals surface area contributed by atoms with Crippen LogP contribution >= 0.6 is 0 Å². The molecule has 0 aromatic heterocycles. The smallest absolute Gasteiger partial charge is 0.259 e. The van der Waals surface area contributed by atoms with Crippen molar-refractivity contribution in [2.45, 2.75) is 51.2 Å². The molecule has 2 aliphatic rings. The third kappa shape index (κ3) is 4.38. The van der Waals surface area contributed by atoms with E-state index in [0.29, 0.717) is 16.8 Å². The largest absolute Gasteiger partial charge is 0.352 e. The SMILES string of the molecule is CC(C(=O)NC1CCCC1)N(Cc1ccccc1F)C(=O)CN1C(=O)c2cccc3cccc1c23. The molecule has 1 aliphatic heterocycles. The molecule has 7 heteroatoms. The van der Waals surface area contributed by atoms with Gasteiger partial charge >= 0.3 is 0 Å². The van der Waals surface area contributed by atoms with Crippen molar-refractivity contribution in [2.75, 3.05) is 11.4 Å². The fraction of sp³-hybridized carbons (Fsp3) is 0.321. The van der Waals surface area contributed by atoms with Crippen LogP contribution in [0, 0.1) is 5.82 Å². The summed E-state index contributed by atoms with van der Waals surface area (Å²) < 4.78 is 14.5. The standard InChI is InChI=1S/C28H28FN3O3/c1-18(27(34)30-21-11-3-4-12-21)31(16-20-8-2-5-14-23(20)29)25(33)17-32-24-15-7-10-19-9-6-13-22(26(19)24)28(32)35/h2,5-10,13-15,18,21H,3-4,11-12,16-17H2,1H3,(H,30,34). The highest BCUT2D eigenvalue weighted by Crippen LogP contribution is 2.37.